The van der Waals surface area contributed by atoms with Crippen molar-refractivity contribution in [3.63, 3.8) is 0 Å². The molecule has 0 fully saturated rings. The summed E-state index contributed by atoms with van der Waals surface area (Å²) in [6.45, 7) is 2.76. The molecular formula is C20H17ClN4O5. The van der Waals surface area contributed by atoms with Gasteiger partial charge in [0.15, 0.2) is 11.4 Å². The summed E-state index contributed by atoms with van der Waals surface area (Å²) < 4.78 is 16.9. The Balaban J connectivity index is 1.42. The Morgan fingerprint density at radius 2 is 2.03 bits per heavy atom. The molecule has 9 nitrogen and oxygen atoms in total. The van der Waals surface area contributed by atoms with Gasteiger partial charge in [-0.1, -0.05) is 28.9 Å². The summed E-state index contributed by atoms with van der Waals surface area (Å²) in [6.07, 6.45) is 0. The number of oxazole rings is 1. The highest BCUT2D eigenvalue weighted by atomic mass is 35.5. The molecule has 154 valence electrons. The van der Waals surface area contributed by atoms with Crippen molar-refractivity contribution in [3.8, 4) is 5.75 Å². The topological polar surface area (TPSA) is 112 Å². The zero-order valence-corrected chi connectivity index (χ0v) is 16.7. The minimum absolute atomic E-state index is 0.0259. The first-order valence-corrected chi connectivity index (χ1v) is 9.52. The zero-order valence-electron chi connectivity index (χ0n) is 15.9. The van der Waals surface area contributed by atoms with Gasteiger partial charge in [-0.25, -0.2) is 4.79 Å². The van der Waals surface area contributed by atoms with Crippen LogP contribution in [0.5, 0.6) is 5.75 Å². The summed E-state index contributed by atoms with van der Waals surface area (Å²) in [5.41, 5.74) is 1.78. The molecule has 4 aromatic rings. The van der Waals surface area contributed by atoms with Crippen LogP contribution in [0.15, 0.2) is 56.2 Å². The van der Waals surface area contributed by atoms with Crippen molar-refractivity contribution in [1.29, 1.82) is 0 Å². The lowest BCUT2D eigenvalue weighted by Gasteiger charge is -2.05. The van der Waals surface area contributed by atoms with E-state index in [-0.39, 0.29) is 24.8 Å². The van der Waals surface area contributed by atoms with Crippen LogP contribution in [-0.4, -0.2) is 27.2 Å². The molecule has 0 bridgehead atoms. The summed E-state index contributed by atoms with van der Waals surface area (Å²) in [5.74, 6) is -0.383. The minimum Gasteiger partial charge on any atom is -0.494 e. The first-order chi connectivity index (χ1) is 14.5. The average molecular weight is 429 g/mol. The first-order valence-electron chi connectivity index (χ1n) is 9.15. The van der Waals surface area contributed by atoms with E-state index in [1.54, 1.807) is 18.2 Å². The molecule has 0 atom stereocenters. The molecule has 0 aliphatic carbocycles. The van der Waals surface area contributed by atoms with Crippen LogP contribution in [0.1, 0.15) is 29.0 Å². The van der Waals surface area contributed by atoms with Crippen molar-refractivity contribution < 1.29 is 18.5 Å². The summed E-state index contributed by atoms with van der Waals surface area (Å²) >= 11 is 5.99. The highest BCUT2D eigenvalue weighted by Crippen LogP contribution is 2.19. The predicted molar refractivity (Wildman–Crippen MR) is 108 cm³/mol. The summed E-state index contributed by atoms with van der Waals surface area (Å²) in [6, 6.07) is 12.2. The van der Waals surface area contributed by atoms with E-state index in [4.69, 9.17) is 25.3 Å². The number of amides is 1. The molecule has 2 aromatic carbocycles. The lowest BCUT2D eigenvalue weighted by molar-refractivity contribution is 0.0907. The molecule has 0 aliphatic heterocycles. The second-order valence-electron chi connectivity index (χ2n) is 6.34. The summed E-state index contributed by atoms with van der Waals surface area (Å²) in [4.78, 5) is 28.5. The van der Waals surface area contributed by atoms with E-state index in [0.29, 0.717) is 22.7 Å². The fraction of sp³-hybridized carbons (Fsp3) is 0.200. The molecule has 1 amide bonds. The molecule has 0 aliphatic rings. The van der Waals surface area contributed by atoms with E-state index < -0.39 is 11.7 Å². The zero-order chi connectivity index (χ0) is 21.1. The number of fused-ring (bicyclic) bond motifs is 1. The predicted octanol–water partition coefficient (Wildman–Crippen LogP) is 3.01. The molecule has 0 saturated heterocycles. The number of rotatable bonds is 7. The number of nitrogens with zero attached hydrogens (tertiary/aromatic N) is 3. The number of nitrogens with one attached hydrogen (secondary N) is 1. The first kappa shape index (κ1) is 19.7. The lowest BCUT2D eigenvalue weighted by Crippen LogP contribution is -2.23. The fourth-order valence-corrected chi connectivity index (χ4v) is 3.03. The number of halogens is 1. The molecule has 4 rings (SSSR count). The van der Waals surface area contributed by atoms with E-state index in [1.807, 2.05) is 31.2 Å². The Hall–Kier alpha value is -3.59. The monoisotopic (exact) mass is 428 g/mol. The Morgan fingerprint density at radius 1 is 1.23 bits per heavy atom. The third-order valence-corrected chi connectivity index (χ3v) is 4.51. The number of carbonyl (C=O) groups excluding carboxylic acids is 1. The van der Waals surface area contributed by atoms with Crippen LogP contribution in [0.3, 0.4) is 0 Å². The number of aromatic nitrogens is 3. The maximum Gasteiger partial charge on any atom is 0.420 e. The van der Waals surface area contributed by atoms with Crippen LogP contribution < -0.4 is 15.8 Å². The molecule has 1 N–H and O–H groups in total. The van der Waals surface area contributed by atoms with Gasteiger partial charge in [-0.15, -0.1) is 0 Å². The second-order valence-corrected chi connectivity index (χ2v) is 6.78. The smallest absolute Gasteiger partial charge is 0.420 e. The lowest BCUT2D eigenvalue weighted by atomic mass is 10.2. The summed E-state index contributed by atoms with van der Waals surface area (Å²) in [5, 5.41) is 6.94. The fourth-order valence-electron chi connectivity index (χ4n) is 2.86. The number of hydrogen-bond acceptors (Lipinski definition) is 7. The van der Waals surface area contributed by atoms with Gasteiger partial charge < -0.3 is 19.0 Å². The van der Waals surface area contributed by atoms with Crippen LogP contribution in [-0.2, 0) is 13.1 Å². The Labute approximate surface area is 175 Å². The normalized spacial score (nSPS) is 11.0. The second kappa shape index (κ2) is 8.42. The van der Waals surface area contributed by atoms with Gasteiger partial charge in [-0.3, -0.25) is 9.36 Å². The highest BCUT2D eigenvalue weighted by Gasteiger charge is 2.17. The van der Waals surface area contributed by atoms with E-state index in [9.17, 15) is 9.59 Å². The van der Waals surface area contributed by atoms with Gasteiger partial charge in [-0.2, -0.15) is 4.98 Å². The largest absolute Gasteiger partial charge is 0.494 e. The maximum atomic E-state index is 12.3. The van der Waals surface area contributed by atoms with E-state index in [2.05, 4.69) is 15.5 Å². The van der Waals surface area contributed by atoms with Gasteiger partial charge in [0.25, 0.3) is 0 Å². The van der Waals surface area contributed by atoms with Crippen LogP contribution in [0.4, 0.5) is 0 Å². The van der Waals surface area contributed by atoms with E-state index >= 15 is 0 Å². The van der Waals surface area contributed by atoms with Gasteiger partial charge in [0.1, 0.15) is 5.75 Å². The van der Waals surface area contributed by atoms with Crippen LogP contribution in [0.25, 0.3) is 11.1 Å². The maximum absolute atomic E-state index is 12.3. The van der Waals surface area contributed by atoms with Gasteiger partial charge in [-0.05, 0) is 42.8 Å². The molecule has 0 unspecified atom stereocenters. The third-order valence-electron chi connectivity index (χ3n) is 4.28. The van der Waals surface area contributed by atoms with E-state index in [0.717, 1.165) is 11.3 Å². The van der Waals surface area contributed by atoms with Crippen LogP contribution in [0, 0.1) is 0 Å². The average Bonchev–Trinajstić information content (AvgIpc) is 3.33. The van der Waals surface area contributed by atoms with Crippen molar-refractivity contribution in [2.24, 2.45) is 0 Å². The van der Waals surface area contributed by atoms with Crippen LogP contribution in [0.2, 0.25) is 5.02 Å². The standard InChI is InChI=1S/C20H17ClN4O5/c1-2-28-14-6-3-12(4-7-14)10-22-18(26)19-23-17(24-30-19)11-25-15-9-13(21)5-8-16(15)29-20(25)27/h3-9H,2,10-11H2,1H3,(H,22,26). The molecule has 0 spiro atoms. The molecule has 2 heterocycles. The van der Waals surface area contributed by atoms with Gasteiger partial charge in [0, 0.05) is 11.6 Å². The Morgan fingerprint density at radius 3 is 2.80 bits per heavy atom. The van der Waals surface area contributed by atoms with Gasteiger partial charge in [0.2, 0.25) is 0 Å². The Bertz CT molecular complexity index is 1240. The van der Waals surface area contributed by atoms with Crippen molar-refractivity contribution >= 4 is 28.6 Å². The van der Waals surface area contributed by atoms with Gasteiger partial charge >= 0.3 is 17.6 Å². The van der Waals surface area contributed by atoms with E-state index in [1.165, 1.54) is 4.57 Å². The third kappa shape index (κ3) is 4.20. The summed E-state index contributed by atoms with van der Waals surface area (Å²) in [7, 11) is 0. The van der Waals surface area contributed by atoms with Crippen molar-refractivity contribution in [1.82, 2.24) is 20.0 Å². The van der Waals surface area contributed by atoms with Crippen molar-refractivity contribution in [2.45, 2.75) is 20.0 Å². The van der Waals surface area contributed by atoms with Crippen LogP contribution >= 0.6 is 11.6 Å². The quantitative estimate of drug-likeness (QED) is 0.481. The number of ether oxygens (including phenoxy) is 1. The molecule has 0 radical (unpaired) electrons. The molecule has 30 heavy (non-hydrogen) atoms. The van der Waals surface area contributed by atoms with Gasteiger partial charge in [0.05, 0.1) is 18.7 Å². The number of carbonyl (C=O) groups is 1. The number of benzene rings is 2. The molecule has 0 saturated carbocycles. The number of hydrogen-bond donors (Lipinski definition) is 1. The Kier molecular flexibility index (Phi) is 5.53. The molecular weight excluding hydrogens is 412 g/mol. The van der Waals surface area contributed by atoms with Crippen molar-refractivity contribution in [2.75, 3.05) is 6.61 Å². The minimum atomic E-state index is -0.585. The molecule has 2 aromatic heterocycles. The van der Waals surface area contributed by atoms with Crippen molar-refractivity contribution in [3.05, 3.63) is 75.3 Å². The molecule has 10 heteroatoms. The SMILES string of the molecule is CCOc1ccc(CNC(=O)c2nc(Cn3c(=O)oc4ccc(Cl)cc43)no2)cc1. The highest BCUT2D eigenvalue weighted by molar-refractivity contribution is 6.31.